The Kier molecular flexibility index (Phi) is 6.67. The van der Waals surface area contributed by atoms with Gasteiger partial charge in [0.15, 0.2) is 0 Å². The van der Waals surface area contributed by atoms with E-state index < -0.39 is 0 Å². The van der Waals surface area contributed by atoms with E-state index in [-0.39, 0.29) is 11.7 Å². The van der Waals surface area contributed by atoms with Crippen LogP contribution in [0.25, 0.3) is 0 Å². The Labute approximate surface area is 157 Å². The minimum absolute atomic E-state index is 0.144. The highest BCUT2D eigenvalue weighted by Gasteiger charge is 2.20. The number of hydrogen-bond acceptors (Lipinski definition) is 2. The average molecular weight is 355 g/mol. The number of rotatable bonds is 7. The minimum Gasteiger partial charge on any atom is -0.493 e. The number of ether oxygens (including phenoxy) is 1. The standard InChI is InChI=1S/C23H30FNO/c1-3-18(2)22-10-9-21(15-23(22)24)26-17-20-11-13-25(14-12-20)16-19-7-5-4-6-8-19/h4-10,15,18,20H,3,11-14,16-17H2,1-2H3. The second-order valence-corrected chi connectivity index (χ2v) is 7.51. The van der Waals surface area contributed by atoms with Gasteiger partial charge in [-0.15, -0.1) is 0 Å². The monoisotopic (exact) mass is 355 g/mol. The van der Waals surface area contributed by atoms with Gasteiger partial charge in [-0.1, -0.05) is 50.2 Å². The molecule has 2 nitrogen and oxygen atoms in total. The molecule has 1 aliphatic rings. The molecule has 0 N–H and O–H groups in total. The molecule has 1 unspecified atom stereocenters. The molecule has 2 aromatic carbocycles. The smallest absolute Gasteiger partial charge is 0.130 e. The zero-order valence-corrected chi connectivity index (χ0v) is 16.0. The zero-order valence-electron chi connectivity index (χ0n) is 16.0. The quantitative estimate of drug-likeness (QED) is 0.638. The molecule has 1 saturated heterocycles. The highest BCUT2D eigenvalue weighted by atomic mass is 19.1. The van der Waals surface area contributed by atoms with E-state index in [1.54, 1.807) is 6.07 Å². The van der Waals surface area contributed by atoms with E-state index in [1.165, 1.54) is 5.56 Å². The summed E-state index contributed by atoms with van der Waals surface area (Å²) in [6.07, 6.45) is 3.22. The van der Waals surface area contributed by atoms with Crippen LogP contribution in [0.1, 0.15) is 50.2 Å². The number of likely N-dealkylation sites (tertiary alicyclic amines) is 1. The number of hydrogen-bond donors (Lipinski definition) is 0. The first-order valence-electron chi connectivity index (χ1n) is 9.84. The Morgan fingerprint density at radius 3 is 2.50 bits per heavy atom. The lowest BCUT2D eigenvalue weighted by molar-refractivity contribution is 0.136. The number of nitrogens with zero attached hydrogens (tertiary/aromatic N) is 1. The van der Waals surface area contributed by atoms with Gasteiger partial charge in [0, 0.05) is 12.6 Å². The first kappa shape index (κ1) is 18.9. The lowest BCUT2D eigenvalue weighted by atomic mass is 9.97. The van der Waals surface area contributed by atoms with Crippen molar-refractivity contribution in [1.82, 2.24) is 4.90 Å². The van der Waals surface area contributed by atoms with Crippen LogP contribution in [0.2, 0.25) is 0 Å². The Hall–Kier alpha value is -1.87. The van der Waals surface area contributed by atoms with Gasteiger partial charge in [0.1, 0.15) is 11.6 Å². The lowest BCUT2D eigenvalue weighted by Crippen LogP contribution is -2.35. The summed E-state index contributed by atoms with van der Waals surface area (Å²) >= 11 is 0. The molecule has 140 valence electrons. The van der Waals surface area contributed by atoms with Crippen molar-refractivity contribution in [2.45, 2.75) is 45.6 Å². The molecule has 0 bridgehead atoms. The Morgan fingerprint density at radius 2 is 1.85 bits per heavy atom. The van der Waals surface area contributed by atoms with Crippen LogP contribution in [-0.4, -0.2) is 24.6 Å². The van der Waals surface area contributed by atoms with Gasteiger partial charge in [0.2, 0.25) is 0 Å². The molecular weight excluding hydrogens is 325 g/mol. The molecule has 0 saturated carbocycles. The Morgan fingerprint density at radius 1 is 1.12 bits per heavy atom. The van der Waals surface area contributed by atoms with Crippen molar-refractivity contribution in [3.05, 3.63) is 65.5 Å². The van der Waals surface area contributed by atoms with E-state index in [2.05, 4.69) is 49.1 Å². The van der Waals surface area contributed by atoms with Crippen molar-refractivity contribution in [1.29, 1.82) is 0 Å². The lowest BCUT2D eigenvalue weighted by Gasteiger charge is -2.31. The topological polar surface area (TPSA) is 12.5 Å². The summed E-state index contributed by atoms with van der Waals surface area (Å²) in [7, 11) is 0. The maximum absolute atomic E-state index is 14.2. The molecule has 1 atom stereocenters. The van der Waals surface area contributed by atoms with Gasteiger partial charge in [-0.05, 0) is 61.4 Å². The third kappa shape index (κ3) is 5.07. The summed E-state index contributed by atoms with van der Waals surface area (Å²) in [4.78, 5) is 2.51. The third-order valence-corrected chi connectivity index (χ3v) is 5.56. The van der Waals surface area contributed by atoms with Gasteiger partial charge in [0.05, 0.1) is 6.61 Å². The summed E-state index contributed by atoms with van der Waals surface area (Å²) in [5.41, 5.74) is 2.16. The number of halogens is 1. The van der Waals surface area contributed by atoms with Gasteiger partial charge >= 0.3 is 0 Å². The molecule has 0 spiro atoms. The fourth-order valence-electron chi connectivity index (χ4n) is 3.58. The molecule has 26 heavy (non-hydrogen) atoms. The van der Waals surface area contributed by atoms with E-state index in [4.69, 9.17) is 4.74 Å². The van der Waals surface area contributed by atoms with Crippen LogP contribution < -0.4 is 4.74 Å². The normalized spacial score (nSPS) is 17.2. The van der Waals surface area contributed by atoms with Gasteiger partial charge in [-0.25, -0.2) is 4.39 Å². The molecule has 0 aromatic heterocycles. The SMILES string of the molecule is CCC(C)c1ccc(OCC2CCN(Cc3ccccc3)CC2)cc1F. The fourth-order valence-corrected chi connectivity index (χ4v) is 3.58. The Balaban J connectivity index is 1.44. The van der Waals surface area contributed by atoms with Crippen LogP contribution in [0.15, 0.2) is 48.5 Å². The molecule has 2 aromatic rings. The molecule has 0 amide bonds. The summed E-state index contributed by atoms with van der Waals surface area (Å²) in [6.45, 7) is 8.05. The van der Waals surface area contributed by atoms with Gasteiger partial charge < -0.3 is 4.74 Å². The van der Waals surface area contributed by atoms with Crippen molar-refractivity contribution in [3.8, 4) is 5.75 Å². The van der Waals surface area contributed by atoms with E-state index in [0.29, 0.717) is 18.3 Å². The second kappa shape index (κ2) is 9.18. The molecule has 1 aliphatic heterocycles. The van der Waals surface area contributed by atoms with E-state index in [1.807, 2.05) is 12.1 Å². The van der Waals surface area contributed by atoms with Crippen LogP contribution in [0.3, 0.4) is 0 Å². The molecule has 1 fully saturated rings. The second-order valence-electron chi connectivity index (χ2n) is 7.51. The largest absolute Gasteiger partial charge is 0.493 e. The summed E-state index contributed by atoms with van der Waals surface area (Å²) in [6, 6.07) is 16.0. The van der Waals surface area contributed by atoms with E-state index in [9.17, 15) is 4.39 Å². The third-order valence-electron chi connectivity index (χ3n) is 5.56. The molecule has 3 rings (SSSR count). The van der Waals surface area contributed by atoms with Crippen molar-refractivity contribution >= 4 is 0 Å². The molecule has 0 aliphatic carbocycles. The summed E-state index contributed by atoms with van der Waals surface area (Å²) in [5, 5.41) is 0. The first-order chi connectivity index (χ1) is 12.7. The van der Waals surface area contributed by atoms with Gasteiger partial charge in [-0.2, -0.15) is 0 Å². The van der Waals surface area contributed by atoms with Gasteiger partial charge in [0.25, 0.3) is 0 Å². The van der Waals surface area contributed by atoms with Gasteiger partial charge in [-0.3, -0.25) is 4.90 Å². The van der Waals surface area contributed by atoms with E-state index in [0.717, 1.165) is 44.5 Å². The minimum atomic E-state index is -0.144. The zero-order chi connectivity index (χ0) is 18.4. The van der Waals surface area contributed by atoms with E-state index >= 15 is 0 Å². The van der Waals surface area contributed by atoms with Crippen molar-refractivity contribution in [3.63, 3.8) is 0 Å². The molecule has 0 radical (unpaired) electrons. The van der Waals surface area contributed by atoms with Crippen LogP contribution in [-0.2, 0) is 6.54 Å². The van der Waals surface area contributed by atoms with Crippen molar-refractivity contribution < 1.29 is 9.13 Å². The van der Waals surface area contributed by atoms with Crippen LogP contribution in [0.5, 0.6) is 5.75 Å². The number of piperidine rings is 1. The van der Waals surface area contributed by atoms with Crippen LogP contribution in [0, 0.1) is 11.7 Å². The van der Waals surface area contributed by atoms with Crippen molar-refractivity contribution in [2.24, 2.45) is 5.92 Å². The predicted octanol–water partition coefficient (Wildman–Crippen LogP) is 5.63. The first-order valence-corrected chi connectivity index (χ1v) is 9.84. The van der Waals surface area contributed by atoms with Crippen molar-refractivity contribution in [2.75, 3.05) is 19.7 Å². The molecular formula is C23H30FNO. The fraction of sp³-hybridized carbons (Fsp3) is 0.478. The Bertz CT molecular complexity index is 680. The van der Waals surface area contributed by atoms with Crippen LogP contribution >= 0.6 is 0 Å². The highest BCUT2D eigenvalue weighted by Crippen LogP contribution is 2.26. The average Bonchev–Trinajstić information content (AvgIpc) is 2.68. The maximum Gasteiger partial charge on any atom is 0.130 e. The summed E-state index contributed by atoms with van der Waals surface area (Å²) < 4.78 is 20.1. The maximum atomic E-state index is 14.2. The molecule has 1 heterocycles. The predicted molar refractivity (Wildman–Crippen MR) is 105 cm³/mol. The summed E-state index contributed by atoms with van der Waals surface area (Å²) in [5.74, 6) is 1.31. The van der Waals surface area contributed by atoms with Crippen LogP contribution in [0.4, 0.5) is 4.39 Å². The number of benzene rings is 2. The molecule has 3 heteroatoms. The highest BCUT2D eigenvalue weighted by molar-refractivity contribution is 5.30.